The number of unbranched alkanes of at least 4 members (excludes halogenated alkanes) is 8. The van der Waals surface area contributed by atoms with Crippen LogP contribution in [-0.2, 0) is 31.9 Å². The second-order valence-corrected chi connectivity index (χ2v) is 13.5. The second-order valence-electron chi connectivity index (χ2n) is 11.2. The van der Waals surface area contributed by atoms with E-state index in [2.05, 4.69) is 27.7 Å². The van der Waals surface area contributed by atoms with Crippen molar-refractivity contribution >= 4 is 17.2 Å². The molecule has 1 unspecified atom stereocenters. The van der Waals surface area contributed by atoms with Gasteiger partial charge < -0.3 is 9.47 Å². The normalized spacial score (nSPS) is 28.9. The third-order valence-electron chi connectivity index (χ3n) is 6.68. The van der Waals surface area contributed by atoms with E-state index in [-0.39, 0.29) is 0 Å². The third kappa shape index (κ3) is 7.33. The molecule has 4 aliphatic heterocycles. The molecule has 4 aliphatic rings. The van der Waals surface area contributed by atoms with E-state index in [9.17, 15) is 0 Å². The second kappa shape index (κ2) is 13.4. The Labute approximate surface area is 210 Å². The first kappa shape index (κ1) is 29.1. The zero-order valence-electron chi connectivity index (χ0n) is 22.3. The summed E-state index contributed by atoms with van der Waals surface area (Å²) in [6.45, 7) is 14.1. The highest BCUT2D eigenvalue weighted by molar-refractivity contribution is 7.57. The fourth-order valence-corrected chi connectivity index (χ4v) is 7.37. The first-order valence-electron chi connectivity index (χ1n) is 13.5. The molecule has 0 saturated carbocycles. The molecule has 0 aromatic carbocycles. The molecule has 1 spiro atoms. The summed E-state index contributed by atoms with van der Waals surface area (Å²) in [5, 5.41) is 0. The van der Waals surface area contributed by atoms with E-state index < -0.39 is 34.6 Å². The Morgan fingerprint density at radius 3 is 1.47 bits per heavy atom. The zero-order valence-corrected chi connectivity index (χ0v) is 24.1. The summed E-state index contributed by atoms with van der Waals surface area (Å²) in [6, 6.07) is 0. The molecule has 3 bridgehead atoms. The van der Waals surface area contributed by atoms with Crippen molar-refractivity contribution in [3.05, 3.63) is 0 Å². The maximum atomic E-state index is 6.47. The van der Waals surface area contributed by atoms with E-state index in [1.54, 1.807) is 0 Å². The van der Waals surface area contributed by atoms with Crippen LogP contribution < -0.4 is 0 Å². The van der Waals surface area contributed by atoms with Crippen molar-refractivity contribution in [2.75, 3.05) is 13.2 Å². The Hall–Kier alpha value is 0.580. The Bertz CT molecular complexity index is 570. The lowest BCUT2D eigenvalue weighted by atomic mass is 9.94. The average molecular weight is 523 g/mol. The molecule has 4 saturated heterocycles. The fourth-order valence-electron chi connectivity index (χ4n) is 4.64. The molecule has 0 aromatic heterocycles. The van der Waals surface area contributed by atoms with Crippen LogP contribution in [0.15, 0.2) is 0 Å². The fraction of sp³-hybridized carbons (Fsp3) is 1.00. The maximum Gasteiger partial charge on any atom is 0.363 e. The summed E-state index contributed by atoms with van der Waals surface area (Å²) in [4.78, 5) is 0. The molecule has 4 rings (SSSR count). The van der Waals surface area contributed by atoms with Crippen molar-refractivity contribution in [2.24, 2.45) is 11.8 Å². The highest BCUT2D eigenvalue weighted by Gasteiger charge is 2.81. The summed E-state index contributed by atoms with van der Waals surface area (Å²) in [6.07, 6.45) is 14.4. The number of hydrogen-bond donors (Lipinski definition) is 0. The SMILES string of the molecule is CC(C)CCCCCCCOC1(OCCCCCCCC(C)C)C(C)(C)OP2OP3OC1(O2)O3. The molecule has 1 atom stereocenters. The van der Waals surface area contributed by atoms with Crippen molar-refractivity contribution in [3.63, 3.8) is 0 Å². The van der Waals surface area contributed by atoms with Gasteiger partial charge in [-0.25, -0.2) is 17.9 Å². The van der Waals surface area contributed by atoms with Gasteiger partial charge in [0.15, 0.2) is 0 Å². The Balaban J connectivity index is 1.49. The summed E-state index contributed by atoms with van der Waals surface area (Å²) in [5.74, 6) is -1.10. The van der Waals surface area contributed by atoms with Gasteiger partial charge in [0.1, 0.15) is 5.60 Å². The van der Waals surface area contributed by atoms with Crippen molar-refractivity contribution in [3.8, 4) is 0 Å². The van der Waals surface area contributed by atoms with Crippen molar-refractivity contribution in [1.29, 1.82) is 0 Å². The molecule has 7 nitrogen and oxygen atoms in total. The maximum absolute atomic E-state index is 6.47. The van der Waals surface area contributed by atoms with Crippen LogP contribution in [0.3, 0.4) is 0 Å². The van der Waals surface area contributed by atoms with Gasteiger partial charge in [-0.1, -0.05) is 91.9 Å². The van der Waals surface area contributed by atoms with E-state index in [0.29, 0.717) is 13.2 Å². The van der Waals surface area contributed by atoms with Crippen LogP contribution in [0.2, 0.25) is 0 Å². The van der Waals surface area contributed by atoms with Gasteiger partial charge in [0.25, 0.3) is 5.79 Å². The first-order valence-corrected chi connectivity index (χ1v) is 15.7. The van der Waals surface area contributed by atoms with Crippen LogP contribution in [0, 0.1) is 11.8 Å². The first-order chi connectivity index (χ1) is 16.2. The van der Waals surface area contributed by atoms with Gasteiger partial charge in [-0.2, -0.15) is 0 Å². The van der Waals surface area contributed by atoms with Gasteiger partial charge in [-0.15, -0.1) is 0 Å². The summed E-state index contributed by atoms with van der Waals surface area (Å²) >= 11 is 0. The Morgan fingerprint density at radius 1 is 0.588 bits per heavy atom. The number of ether oxygens (including phenoxy) is 2. The molecule has 0 radical (unpaired) electrons. The molecule has 0 aromatic rings. The minimum atomic E-state index is -1.52. The van der Waals surface area contributed by atoms with Crippen LogP contribution in [0.5, 0.6) is 0 Å². The van der Waals surface area contributed by atoms with Gasteiger partial charge in [0.2, 0.25) is 0 Å². The lowest BCUT2D eigenvalue weighted by Gasteiger charge is -2.63. The topological polar surface area (TPSA) is 64.6 Å². The predicted octanol–water partition coefficient (Wildman–Crippen LogP) is 8.72. The Morgan fingerprint density at radius 2 is 1.00 bits per heavy atom. The van der Waals surface area contributed by atoms with Crippen LogP contribution in [-0.4, -0.2) is 30.6 Å². The van der Waals surface area contributed by atoms with Gasteiger partial charge in [0.05, 0.1) is 13.2 Å². The minimum absolute atomic E-state index is 0.542. The van der Waals surface area contributed by atoms with Gasteiger partial charge in [0, 0.05) is 0 Å². The molecule has 4 fully saturated rings. The van der Waals surface area contributed by atoms with Crippen LogP contribution in [0.1, 0.15) is 119 Å². The highest BCUT2D eigenvalue weighted by atomic mass is 31.2. The number of hydrogen-bond acceptors (Lipinski definition) is 7. The van der Waals surface area contributed by atoms with Crippen LogP contribution in [0.4, 0.5) is 0 Å². The monoisotopic (exact) mass is 522 g/mol. The number of rotatable bonds is 18. The third-order valence-corrected chi connectivity index (χ3v) is 9.52. The molecular formula is C25H48O7P2. The van der Waals surface area contributed by atoms with E-state index in [4.69, 9.17) is 31.9 Å². The minimum Gasteiger partial charge on any atom is -0.341 e. The summed E-state index contributed by atoms with van der Waals surface area (Å²) in [5.41, 5.74) is -0.840. The largest absolute Gasteiger partial charge is 0.363 e. The molecular weight excluding hydrogens is 474 g/mol. The van der Waals surface area contributed by atoms with Gasteiger partial charge in [-0.05, 0) is 38.5 Å². The standard InChI is InChI=1S/C25H48O7P2/c1-21(2)17-13-9-7-11-15-19-26-24(27-20-16-12-8-10-14-18-22(3)4)23(5,6)28-33-29-25(24)30-34(31-25)32-33/h21-22H,7-20H2,1-6H3. The van der Waals surface area contributed by atoms with Crippen molar-refractivity contribution < 1.29 is 31.9 Å². The summed E-state index contributed by atoms with van der Waals surface area (Å²) in [7, 11) is -2.96. The van der Waals surface area contributed by atoms with Gasteiger partial charge in [-0.3, -0.25) is 4.52 Å². The highest BCUT2D eigenvalue weighted by Crippen LogP contribution is 2.81. The van der Waals surface area contributed by atoms with Crippen molar-refractivity contribution in [2.45, 2.75) is 136 Å². The van der Waals surface area contributed by atoms with Crippen LogP contribution >= 0.6 is 17.2 Å². The molecule has 200 valence electrons. The molecule has 0 amide bonds. The smallest absolute Gasteiger partial charge is 0.341 e. The molecule has 0 aliphatic carbocycles. The lowest BCUT2D eigenvalue weighted by Crippen LogP contribution is -2.76. The summed E-state index contributed by atoms with van der Waals surface area (Å²) < 4.78 is 42.5. The molecule has 0 N–H and O–H groups in total. The van der Waals surface area contributed by atoms with Crippen molar-refractivity contribution in [1.82, 2.24) is 0 Å². The van der Waals surface area contributed by atoms with Gasteiger partial charge >= 0.3 is 23.2 Å². The predicted molar refractivity (Wildman–Crippen MR) is 136 cm³/mol. The Kier molecular flexibility index (Phi) is 11.5. The lowest BCUT2D eigenvalue weighted by molar-refractivity contribution is -0.513. The van der Waals surface area contributed by atoms with E-state index in [1.807, 2.05) is 13.8 Å². The van der Waals surface area contributed by atoms with Crippen LogP contribution in [0.25, 0.3) is 0 Å². The quantitative estimate of drug-likeness (QED) is 0.101. The molecule has 4 heterocycles. The average Bonchev–Trinajstić information content (AvgIpc) is 2.73. The van der Waals surface area contributed by atoms with E-state index in [0.717, 1.165) is 37.5 Å². The van der Waals surface area contributed by atoms with E-state index >= 15 is 0 Å². The molecule has 9 heteroatoms. The zero-order chi connectivity index (χ0) is 24.7. The molecule has 34 heavy (non-hydrogen) atoms. The van der Waals surface area contributed by atoms with E-state index in [1.165, 1.54) is 51.4 Å².